The molecular formula is C20H23NO2S2. The van der Waals surface area contributed by atoms with Gasteiger partial charge in [-0.05, 0) is 43.9 Å². The van der Waals surface area contributed by atoms with Gasteiger partial charge in [0.05, 0.1) is 4.08 Å². The number of hydrogen-bond acceptors (Lipinski definition) is 4. The van der Waals surface area contributed by atoms with Crippen molar-refractivity contribution in [1.29, 1.82) is 0 Å². The summed E-state index contributed by atoms with van der Waals surface area (Å²) < 4.78 is 6.18. The van der Waals surface area contributed by atoms with Crippen LogP contribution in [0.3, 0.4) is 0 Å². The molecule has 1 aromatic carbocycles. The van der Waals surface area contributed by atoms with Crippen LogP contribution in [0.15, 0.2) is 28.7 Å². The van der Waals surface area contributed by atoms with Crippen molar-refractivity contribution in [1.82, 2.24) is 0 Å². The molecule has 1 aliphatic carbocycles. The summed E-state index contributed by atoms with van der Waals surface area (Å²) in [4.78, 5) is 12.8. The number of nitrogens with one attached hydrogen (secondary N) is 1. The Morgan fingerprint density at radius 3 is 2.64 bits per heavy atom. The number of carbonyl (C=O) groups excluding carboxylic acids is 1. The van der Waals surface area contributed by atoms with E-state index >= 15 is 0 Å². The molecule has 4 rings (SSSR count). The number of furan rings is 1. The highest BCUT2D eigenvalue weighted by Gasteiger charge is 2.45. The second-order valence-electron chi connectivity index (χ2n) is 6.66. The molecule has 1 N–H and O–H groups in total. The number of benzene rings is 1. The minimum Gasteiger partial charge on any atom is -0.455 e. The monoisotopic (exact) mass is 373 g/mol. The molecule has 5 heteroatoms. The van der Waals surface area contributed by atoms with Crippen LogP contribution in [-0.2, 0) is 16.9 Å². The summed E-state index contributed by atoms with van der Waals surface area (Å²) in [5.41, 5.74) is 4.40. The highest BCUT2D eigenvalue weighted by atomic mass is 32.2. The number of thioether (sulfide) groups is 2. The molecule has 1 spiro atoms. The first-order valence-electron chi connectivity index (χ1n) is 8.94. The first kappa shape index (κ1) is 17.1. The van der Waals surface area contributed by atoms with Crippen molar-refractivity contribution in [2.45, 2.75) is 43.6 Å². The summed E-state index contributed by atoms with van der Waals surface area (Å²) >= 11 is 4.05. The van der Waals surface area contributed by atoms with Crippen LogP contribution in [0.5, 0.6) is 0 Å². The number of hydrogen-bond donors (Lipinski definition) is 1. The van der Waals surface area contributed by atoms with Gasteiger partial charge in [0.2, 0.25) is 0 Å². The van der Waals surface area contributed by atoms with E-state index in [1.807, 2.05) is 42.6 Å². The number of rotatable bonds is 3. The van der Waals surface area contributed by atoms with Crippen molar-refractivity contribution in [2.75, 3.05) is 16.8 Å². The zero-order valence-electron chi connectivity index (χ0n) is 14.7. The zero-order chi connectivity index (χ0) is 17.4. The van der Waals surface area contributed by atoms with Gasteiger partial charge in [0, 0.05) is 34.7 Å². The molecule has 1 fully saturated rings. The van der Waals surface area contributed by atoms with E-state index < -0.39 is 0 Å². The predicted octanol–water partition coefficient (Wildman–Crippen LogP) is 5.37. The molecule has 2 aromatic rings. The molecule has 1 amide bonds. The molecule has 132 valence electrons. The Morgan fingerprint density at radius 1 is 1.24 bits per heavy atom. The standard InChI is InChI=1S/C20H23NO2S2/c1-3-14-6-8-15(9-7-14)21-19(22)18-13(2)17-16(23-18)5-4-10-20(17)24-11-12-25-20/h6-9H,3-5,10-12H2,1-2H3,(H,21,22). The lowest BCUT2D eigenvalue weighted by Gasteiger charge is -2.31. The molecule has 1 saturated heterocycles. The van der Waals surface area contributed by atoms with Gasteiger partial charge < -0.3 is 9.73 Å². The van der Waals surface area contributed by atoms with E-state index in [1.54, 1.807) is 0 Å². The fourth-order valence-corrected chi connectivity index (χ4v) is 7.39. The van der Waals surface area contributed by atoms with Gasteiger partial charge in [-0.15, -0.1) is 23.5 Å². The number of aryl methyl sites for hydroxylation is 2. The minimum atomic E-state index is -0.140. The van der Waals surface area contributed by atoms with E-state index in [0.717, 1.165) is 36.3 Å². The summed E-state index contributed by atoms with van der Waals surface area (Å²) in [6.07, 6.45) is 4.25. The summed E-state index contributed by atoms with van der Waals surface area (Å²) in [7, 11) is 0. The maximum atomic E-state index is 12.8. The molecule has 0 unspecified atom stereocenters. The van der Waals surface area contributed by atoms with Gasteiger partial charge in [0.15, 0.2) is 5.76 Å². The third-order valence-electron chi connectivity index (χ3n) is 5.09. The normalized spacial score (nSPS) is 18.3. The van der Waals surface area contributed by atoms with Crippen molar-refractivity contribution in [3.8, 4) is 0 Å². The van der Waals surface area contributed by atoms with Gasteiger partial charge in [0.25, 0.3) is 5.91 Å². The highest BCUT2D eigenvalue weighted by molar-refractivity contribution is 8.20. The van der Waals surface area contributed by atoms with Crippen LogP contribution in [0.1, 0.15) is 52.8 Å². The van der Waals surface area contributed by atoms with E-state index in [-0.39, 0.29) is 9.99 Å². The Hall–Kier alpha value is -1.33. The summed E-state index contributed by atoms with van der Waals surface area (Å²) in [5.74, 6) is 3.73. The second kappa shape index (κ2) is 6.76. The number of anilines is 1. The molecule has 0 bridgehead atoms. The smallest absolute Gasteiger partial charge is 0.291 e. The molecule has 0 atom stereocenters. The molecule has 2 heterocycles. The first-order chi connectivity index (χ1) is 12.1. The second-order valence-corrected chi connectivity index (χ2v) is 9.71. The van der Waals surface area contributed by atoms with E-state index in [2.05, 4.69) is 24.4 Å². The third kappa shape index (κ3) is 3.02. The number of amides is 1. The van der Waals surface area contributed by atoms with Crippen molar-refractivity contribution in [3.63, 3.8) is 0 Å². The third-order valence-corrected chi connectivity index (χ3v) is 8.62. The lowest BCUT2D eigenvalue weighted by atomic mass is 9.94. The molecule has 1 aliphatic heterocycles. The lowest BCUT2D eigenvalue weighted by Crippen LogP contribution is -2.21. The molecular weight excluding hydrogens is 350 g/mol. The molecule has 3 nitrogen and oxygen atoms in total. The lowest BCUT2D eigenvalue weighted by molar-refractivity contribution is 0.0994. The first-order valence-corrected chi connectivity index (χ1v) is 10.9. The van der Waals surface area contributed by atoms with Gasteiger partial charge in [0.1, 0.15) is 5.76 Å². The van der Waals surface area contributed by atoms with Crippen molar-refractivity contribution < 1.29 is 9.21 Å². The predicted molar refractivity (Wildman–Crippen MR) is 107 cm³/mol. The highest BCUT2D eigenvalue weighted by Crippen LogP contribution is 2.59. The van der Waals surface area contributed by atoms with Crippen LogP contribution in [0.25, 0.3) is 0 Å². The minimum absolute atomic E-state index is 0.114. The van der Waals surface area contributed by atoms with Gasteiger partial charge in [-0.25, -0.2) is 0 Å². The maximum absolute atomic E-state index is 12.8. The fraction of sp³-hybridized carbons (Fsp3) is 0.450. The van der Waals surface area contributed by atoms with Crippen LogP contribution in [-0.4, -0.2) is 17.4 Å². The zero-order valence-corrected chi connectivity index (χ0v) is 16.3. The van der Waals surface area contributed by atoms with Gasteiger partial charge in [-0.2, -0.15) is 0 Å². The number of fused-ring (bicyclic) bond motifs is 2. The van der Waals surface area contributed by atoms with Crippen LogP contribution in [0.2, 0.25) is 0 Å². The molecule has 0 radical (unpaired) electrons. The summed E-state index contributed by atoms with van der Waals surface area (Å²) in [5, 5.41) is 2.99. The van der Waals surface area contributed by atoms with E-state index in [4.69, 9.17) is 4.42 Å². The van der Waals surface area contributed by atoms with Crippen LogP contribution < -0.4 is 5.32 Å². The van der Waals surface area contributed by atoms with E-state index in [9.17, 15) is 4.79 Å². The number of carbonyl (C=O) groups is 1. The van der Waals surface area contributed by atoms with Crippen molar-refractivity contribution in [3.05, 3.63) is 52.5 Å². The maximum Gasteiger partial charge on any atom is 0.291 e. The molecule has 0 saturated carbocycles. The Bertz CT molecular complexity index is 789. The average molecular weight is 374 g/mol. The summed E-state index contributed by atoms with van der Waals surface area (Å²) in [6, 6.07) is 8.02. The van der Waals surface area contributed by atoms with E-state index in [1.165, 1.54) is 29.1 Å². The SMILES string of the molecule is CCc1ccc(NC(=O)c2oc3c(c2C)C2(CCC3)SCCS2)cc1. The van der Waals surface area contributed by atoms with Crippen LogP contribution >= 0.6 is 23.5 Å². The van der Waals surface area contributed by atoms with Crippen LogP contribution in [0, 0.1) is 6.92 Å². The van der Waals surface area contributed by atoms with E-state index in [0.29, 0.717) is 5.76 Å². The largest absolute Gasteiger partial charge is 0.455 e. The Morgan fingerprint density at radius 2 is 1.96 bits per heavy atom. The van der Waals surface area contributed by atoms with Crippen molar-refractivity contribution >= 4 is 35.1 Å². The fourth-order valence-electron chi connectivity index (χ4n) is 3.83. The van der Waals surface area contributed by atoms with Crippen molar-refractivity contribution in [2.24, 2.45) is 0 Å². The Kier molecular flexibility index (Phi) is 4.63. The topological polar surface area (TPSA) is 42.2 Å². The average Bonchev–Trinajstić information content (AvgIpc) is 3.22. The molecule has 1 aromatic heterocycles. The Labute approximate surface area is 157 Å². The van der Waals surface area contributed by atoms with Gasteiger partial charge in [-0.1, -0.05) is 19.1 Å². The molecule has 25 heavy (non-hydrogen) atoms. The van der Waals surface area contributed by atoms with Gasteiger partial charge >= 0.3 is 0 Å². The van der Waals surface area contributed by atoms with Crippen LogP contribution in [0.4, 0.5) is 5.69 Å². The van der Waals surface area contributed by atoms with Gasteiger partial charge in [-0.3, -0.25) is 4.79 Å². The molecule has 2 aliphatic rings. The quantitative estimate of drug-likeness (QED) is 0.785. The summed E-state index contributed by atoms with van der Waals surface area (Å²) in [6.45, 7) is 4.17. The Balaban J connectivity index is 1.62.